The van der Waals surface area contributed by atoms with Gasteiger partial charge in [0, 0.05) is 12.5 Å². The summed E-state index contributed by atoms with van der Waals surface area (Å²) in [4.78, 5) is 26.3. The number of nitrogens with zero attached hydrogens (tertiary/aromatic N) is 1. The number of carbonyl (C=O) groups is 2. The minimum absolute atomic E-state index is 0.0395. The molecule has 3 atom stereocenters. The summed E-state index contributed by atoms with van der Waals surface area (Å²) in [5, 5.41) is 0. The van der Waals surface area contributed by atoms with E-state index in [4.69, 9.17) is 4.74 Å². The van der Waals surface area contributed by atoms with Crippen LogP contribution in [0.1, 0.15) is 37.2 Å². The van der Waals surface area contributed by atoms with Crippen LogP contribution in [0, 0.1) is 5.92 Å². The maximum absolute atomic E-state index is 12.7. The summed E-state index contributed by atoms with van der Waals surface area (Å²) in [5.74, 6) is 0.204. The molecule has 4 heteroatoms. The highest BCUT2D eigenvalue weighted by Crippen LogP contribution is 2.48. The number of benzene rings is 1. The topological polar surface area (TPSA) is 46.6 Å². The fraction of sp³-hybridized carbons (Fsp3) is 0.529. The third kappa shape index (κ3) is 2.80. The molecule has 0 radical (unpaired) electrons. The molecule has 0 N–H and O–H groups in total. The number of hydrogen-bond donors (Lipinski definition) is 0. The van der Waals surface area contributed by atoms with Gasteiger partial charge in [0.1, 0.15) is 6.04 Å². The fourth-order valence-electron chi connectivity index (χ4n) is 3.33. The standard InChI is InChI=1S/C17H21NO3/c1-21-17(20)15-9-5-6-10-18(15)16(19)14-11-13(14)12-7-3-2-4-8-12/h2-4,7-8,13-15H,5-6,9-11H2,1H3. The van der Waals surface area contributed by atoms with Crippen molar-refractivity contribution >= 4 is 11.9 Å². The van der Waals surface area contributed by atoms with Crippen molar-refractivity contribution in [1.82, 2.24) is 4.90 Å². The van der Waals surface area contributed by atoms with Crippen LogP contribution in [0.5, 0.6) is 0 Å². The third-order valence-corrected chi connectivity index (χ3v) is 4.59. The number of piperidine rings is 1. The molecule has 0 bridgehead atoms. The number of ether oxygens (including phenoxy) is 1. The van der Waals surface area contributed by atoms with Crippen LogP contribution < -0.4 is 0 Å². The summed E-state index contributed by atoms with van der Waals surface area (Å²) in [5.41, 5.74) is 1.22. The summed E-state index contributed by atoms with van der Waals surface area (Å²) in [6.45, 7) is 0.677. The van der Waals surface area contributed by atoms with Gasteiger partial charge in [0.15, 0.2) is 0 Å². The molecular formula is C17H21NO3. The summed E-state index contributed by atoms with van der Waals surface area (Å²) in [7, 11) is 1.39. The van der Waals surface area contributed by atoms with E-state index in [-0.39, 0.29) is 23.8 Å². The predicted octanol–water partition coefficient (Wildman–Crippen LogP) is 2.34. The van der Waals surface area contributed by atoms with Gasteiger partial charge in [-0.25, -0.2) is 4.79 Å². The molecule has 1 aromatic rings. The van der Waals surface area contributed by atoms with Crippen LogP contribution in [-0.4, -0.2) is 36.5 Å². The molecule has 1 saturated heterocycles. The Morgan fingerprint density at radius 3 is 2.67 bits per heavy atom. The van der Waals surface area contributed by atoms with E-state index in [1.54, 1.807) is 4.90 Å². The van der Waals surface area contributed by atoms with Crippen LogP contribution in [0.2, 0.25) is 0 Å². The van der Waals surface area contributed by atoms with Gasteiger partial charge in [0.05, 0.1) is 7.11 Å². The van der Waals surface area contributed by atoms with E-state index in [1.807, 2.05) is 18.2 Å². The summed E-state index contributed by atoms with van der Waals surface area (Å²) < 4.78 is 4.85. The number of esters is 1. The summed E-state index contributed by atoms with van der Waals surface area (Å²) in [6.07, 6.45) is 3.58. The number of carbonyl (C=O) groups excluding carboxylic acids is 2. The highest BCUT2D eigenvalue weighted by Gasteiger charge is 2.48. The van der Waals surface area contributed by atoms with Crippen LogP contribution in [0.15, 0.2) is 30.3 Å². The first kappa shape index (κ1) is 14.1. The van der Waals surface area contributed by atoms with Gasteiger partial charge in [0.25, 0.3) is 0 Å². The Bertz CT molecular complexity index is 528. The van der Waals surface area contributed by atoms with Crippen molar-refractivity contribution in [2.45, 2.75) is 37.6 Å². The van der Waals surface area contributed by atoms with E-state index < -0.39 is 0 Å². The number of rotatable bonds is 3. The number of amides is 1. The molecule has 3 unspecified atom stereocenters. The van der Waals surface area contributed by atoms with Gasteiger partial charge in [-0.05, 0) is 37.2 Å². The minimum Gasteiger partial charge on any atom is -0.467 e. The predicted molar refractivity (Wildman–Crippen MR) is 78.7 cm³/mol. The van der Waals surface area contributed by atoms with Gasteiger partial charge in [-0.3, -0.25) is 4.79 Å². The molecule has 1 aliphatic heterocycles. The van der Waals surface area contributed by atoms with Crippen molar-refractivity contribution in [3.05, 3.63) is 35.9 Å². The highest BCUT2D eigenvalue weighted by molar-refractivity contribution is 5.88. The Morgan fingerprint density at radius 2 is 1.95 bits per heavy atom. The molecule has 2 aliphatic rings. The zero-order chi connectivity index (χ0) is 14.8. The molecule has 1 aromatic carbocycles. The van der Waals surface area contributed by atoms with Crippen LogP contribution in [-0.2, 0) is 14.3 Å². The first-order chi connectivity index (χ1) is 10.2. The molecule has 0 aromatic heterocycles. The number of likely N-dealkylation sites (tertiary alicyclic amines) is 1. The van der Waals surface area contributed by atoms with Gasteiger partial charge in [-0.15, -0.1) is 0 Å². The summed E-state index contributed by atoms with van der Waals surface area (Å²) in [6, 6.07) is 9.77. The second kappa shape index (κ2) is 5.88. The van der Waals surface area contributed by atoms with Crippen molar-refractivity contribution in [3.63, 3.8) is 0 Å². The van der Waals surface area contributed by atoms with E-state index in [0.29, 0.717) is 12.5 Å². The minimum atomic E-state index is -0.381. The SMILES string of the molecule is COC(=O)C1CCCCN1C(=O)C1CC1c1ccccc1. The van der Waals surface area contributed by atoms with Crippen LogP contribution in [0.3, 0.4) is 0 Å². The van der Waals surface area contributed by atoms with E-state index in [2.05, 4.69) is 12.1 Å². The van der Waals surface area contributed by atoms with Crippen molar-refractivity contribution in [1.29, 1.82) is 0 Å². The van der Waals surface area contributed by atoms with Crippen LogP contribution >= 0.6 is 0 Å². The molecule has 21 heavy (non-hydrogen) atoms. The van der Waals surface area contributed by atoms with Crippen molar-refractivity contribution in [3.8, 4) is 0 Å². The lowest BCUT2D eigenvalue weighted by atomic mass is 10.0. The van der Waals surface area contributed by atoms with Crippen LogP contribution in [0.4, 0.5) is 0 Å². The molecule has 4 nitrogen and oxygen atoms in total. The number of hydrogen-bond acceptors (Lipinski definition) is 3. The van der Waals surface area contributed by atoms with Gasteiger partial charge in [-0.1, -0.05) is 30.3 Å². The Morgan fingerprint density at radius 1 is 1.19 bits per heavy atom. The average molecular weight is 287 g/mol. The maximum Gasteiger partial charge on any atom is 0.328 e. The molecule has 3 rings (SSSR count). The van der Waals surface area contributed by atoms with Crippen molar-refractivity contribution < 1.29 is 14.3 Å². The van der Waals surface area contributed by atoms with Gasteiger partial charge in [-0.2, -0.15) is 0 Å². The zero-order valence-electron chi connectivity index (χ0n) is 12.3. The maximum atomic E-state index is 12.7. The second-order valence-corrected chi connectivity index (χ2v) is 5.93. The lowest BCUT2D eigenvalue weighted by Gasteiger charge is -2.34. The Hall–Kier alpha value is -1.84. The Labute approximate surface area is 125 Å². The molecule has 1 heterocycles. The molecule has 112 valence electrons. The Balaban J connectivity index is 1.69. The highest BCUT2D eigenvalue weighted by atomic mass is 16.5. The monoisotopic (exact) mass is 287 g/mol. The van der Waals surface area contributed by atoms with Crippen molar-refractivity contribution in [2.75, 3.05) is 13.7 Å². The van der Waals surface area contributed by atoms with E-state index in [1.165, 1.54) is 12.7 Å². The average Bonchev–Trinajstić information content (AvgIpc) is 3.35. The molecule has 1 amide bonds. The van der Waals surface area contributed by atoms with E-state index in [9.17, 15) is 9.59 Å². The van der Waals surface area contributed by atoms with Gasteiger partial charge >= 0.3 is 5.97 Å². The van der Waals surface area contributed by atoms with Crippen LogP contribution in [0.25, 0.3) is 0 Å². The largest absolute Gasteiger partial charge is 0.467 e. The quantitative estimate of drug-likeness (QED) is 0.802. The molecule has 0 spiro atoms. The fourth-order valence-corrected chi connectivity index (χ4v) is 3.33. The molecule has 2 fully saturated rings. The normalized spacial score (nSPS) is 28.0. The van der Waals surface area contributed by atoms with E-state index >= 15 is 0 Å². The third-order valence-electron chi connectivity index (χ3n) is 4.59. The second-order valence-electron chi connectivity index (χ2n) is 5.93. The van der Waals surface area contributed by atoms with Gasteiger partial charge < -0.3 is 9.64 Å². The molecular weight excluding hydrogens is 266 g/mol. The lowest BCUT2D eigenvalue weighted by molar-refractivity contribution is -0.155. The van der Waals surface area contributed by atoms with Crippen molar-refractivity contribution in [2.24, 2.45) is 5.92 Å². The van der Waals surface area contributed by atoms with E-state index in [0.717, 1.165) is 25.7 Å². The summed E-state index contributed by atoms with van der Waals surface area (Å²) >= 11 is 0. The smallest absolute Gasteiger partial charge is 0.328 e. The molecule has 1 saturated carbocycles. The van der Waals surface area contributed by atoms with Gasteiger partial charge in [0.2, 0.25) is 5.91 Å². The Kier molecular flexibility index (Phi) is 3.95. The lowest BCUT2D eigenvalue weighted by Crippen LogP contribution is -2.49. The first-order valence-electron chi connectivity index (χ1n) is 7.65. The first-order valence-corrected chi connectivity index (χ1v) is 7.65. The zero-order valence-corrected chi connectivity index (χ0v) is 12.3. The number of methoxy groups -OCH3 is 1. The molecule has 1 aliphatic carbocycles.